The van der Waals surface area contributed by atoms with Crippen LogP contribution in [0.4, 0.5) is 0 Å². The zero-order chi connectivity index (χ0) is 13.9. The lowest BCUT2D eigenvalue weighted by Crippen LogP contribution is -1.96. The summed E-state index contributed by atoms with van der Waals surface area (Å²) < 4.78 is 6.67. The minimum atomic E-state index is 0.423. The summed E-state index contributed by atoms with van der Waals surface area (Å²) in [6, 6.07) is 13.7. The van der Waals surface area contributed by atoms with Crippen molar-refractivity contribution in [3.8, 4) is 5.75 Å². The Bertz CT molecular complexity index is 749. The van der Waals surface area contributed by atoms with Gasteiger partial charge in [-0.2, -0.15) is 0 Å². The number of hydrogen-bond acceptors (Lipinski definition) is 3. The van der Waals surface area contributed by atoms with Crippen LogP contribution in [0, 0.1) is 0 Å². The summed E-state index contributed by atoms with van der Waals surface area (Å²) in [7, 11) is 0. The molecule has 0 aliphatic carbocycles. The molecule has 2 aromatic carbocycles. The average Bonchev–Trinajstić information content (AvgIpc) is 2.47. The molecule has 20 heavy (non-hydrogen) atoms. The smallest absolute Gasteiger partial charge is 0.140 e. The largest absolute Gasteiger partial charge is 0.488 e. The first kappa shape index (κ1) is 13.3. The standard InChI is InChI=1S/C15H10BrClN2O/c16-12-7-13-11(15(17)19-9-18-13)6-14(12)20-8-10-4-2-1-3-5-10/h1-7,9H,8H2. The molecule has 0 aliphatic rings. The van der Waals surface area contributed by atoms with Crippen molar-refractivity contribution in [2.24, 2.45) is 0 Å². The summed E-state index contributed by atoms with van der Waals surface area (Å²) in [5.74, 6) is 0.720. The Morgan fingerprint density at radius 2 is 1.90 bits per heavy atom. The summed E-state index contributed by atoms with van der Waals surface area (Å²) in [6.45, 7) is 0.496. The molecule has 0 saturated carbocycles. The maximum atomic E-state index is 6.08. The maximum Gasteiger partial charge on any atom is 0.140 e. The molecule has 1 aromatic heterocycles. The second-order valence-corrected chi connectivity index (χ2v) is 5.45. The van der Waals surface area contributed by atoms with Crippen molar-refractivity contribution >= 4 is 38.4 Å². The van der Waals surface area contributed by atoms with Gasteiger partial charge in [0.05, 0.1) is 9.99 Å². The van der Waals surface area contributed by atoms with Gasteiger partial charge >= 0.3 is 0 Å². The van der Waals surface area contributed by atoms with Gasteiger partial charge in [0.15, 0.2) is 0 Å². The lowest BCUT2D eigenvalue weighted by molar-refractivity contribution is 0.304. The molecular formula is C15H10BrClN2O. The first-order chi connectivity index (χ1) is 9.74. The van der Waals surface area contributed by atoms with Crippen LogP contribution in [0.1, 0.15) is 5.56 Å². The molecule has 0 aliphatic heterocycles. The van der Waals surface area contributed by atoms with Gasteiger partial charge in [0, 0.05) is 5.39 Å². The quantitative estimate of drug-likeness (QED) is 0.647. The molecule has 0 bridgehead atoms. The molecule has 3 rings (SSSR count). The molecule has 100 valence electrons. The molecule has 5 heteroatoms. The Morgan fingerprint density at radius 1 is 1.10 bits per heavy atom. The predicted octanol–water partition coefficient (Wildman–Crippen LogP) is 4.62. The molecule has 1 heterocycles. The number of aromatic nitrogens is 2. The third kappa shape index (κ3) is 2.76. The zero-order valence-corrected chi connectivity index (χ0v) is 12.7. The van der Waals surface area contributed by atoms with Crippen LogP contribution in [0.5, 0.6) is 5.75 Å². The van der Waals surface area contributed by atoms with Gasteiger partial charge < -0.3 is 4.74 Å². The second kappa shape index (κ2) is 5.77. The highest BCUT2D eigenvalue weighted by Crippen LogP contribution is 2.32. The fraction of sp³-hybridized carbons (Fsp3) is 0.0667. The summed E-state index contributed by atoms with van der Waals surface area (Å²) in [5.41, 5.74) is 1.89. The van der Waals surface area contributed by atoms with Crippen LogP contribution in [0.2, 0.25) is 5.15 Å². The molecule has 0 radical (unpaired) electrons. The Morgan fingerprint density at radius 3 is 2.70 bits per heavy atom. The number of halogens is 2. The van der Waals surface area contributed by atoms with Crippen molar-refractivity contribution in [1.29, 1.82) is 0 Å². The summed E-state index contributed by atoms with van der Waals surface area (Å²) in [6.07, 6.45) is 1.45. The van der Waals surface area contributed by atoms with Crippen LogP contribution in [-0.2, 0) is 6.61 Å². The lowest BCUT2D eigenvalue weighted by atomic mass is 10.2. The second-order valence-electron chi connectivity index (χ2n) is 4.24. The zero-order valence-electron chi connectivity index (χ0n) is 10.4. The van der Waals surface area contributed by atoms with Gasteiger partial charge in [0.2, 0.25) is 0 Å². The van der Waals surface area contributed by atoms with Crippen molar-refractivity contribution < 1.29 is 4.74 Å². The Labute approximate surface area is 129 Å². The number of nitrogens with zero attached hydrogens (tertiary/aromatic N) is 2. The van der Waals surface area contributed by atoms with E-state index in [2.05, 4.69) is 25.9 Å². The molecule has 0 fully saturated rings. The predicted molar refractivity (Wildman–Crippen MR) is 83.0 cm³/mol. The van der Waals surface area contributed by atoms with Crippen LogP contribution in [0.15, 0.2) is 53.3 Å². The average molecular weight is 350 g/mol. The Kier molecular flexibility index (Phi) is 3.85. The third-order valence-electron chi connectivity index (χ3n) is 2.88. The molecule has 3 nitrogen and oxygen atoms in total. The first-order valence-electron chi connectivity index (χ1n) is 6.00. The van der Waals surface area contributed by atoms with Crippen LogP contribution < -0.4 is 4.74 Å². The summed E-state index contributed by atoms with van der Waals surface area (Å²) in [5, 5.41) is 1.20. The SMILES string of the molecule is Clc1ncnc2cc(Br)c(OCc3ccccc3)cc12. The molecule has 3 aromatic rings. The Balaban J connectivity index is 1.91. The van der Waals surface area contributed by atoms with E-state index in [0.717, 1.165) is 26.7 Å². The molecule has 0 atom stereocenters. The van der Waals surface area contributed by atoms with Gasteiger partial charge in [-0.25, -0.2) is 9.97 Å². The highest BCUT2D eigenvalue weighted by Gasteiger charge is 2.08. The minimum absolute atomic E-state index is 0.423. The molecule has 0 saturated heterocycles. The number of ether oxygens (including phenoxy) is 1. The fourth-order valence-corrected chi connectivity index (χ4v) is 2.51. The van der Waals surface area contributed by atoms with Crippen molar-refractivity contribution in [3.63, 3.8) is 0 Å². The van der Waals surface area contributed by atoms with E-state index in [4.69, 9.17) is 16.3 Å². The van der Waals surface area contributed by atoms with E-state index in [1.807, 2.05) is 42.5 Å². The normalized spacial score (nSPS) is 10.7. The minimum Gasteiger partial charge on any atom is -0.488 e. The van der Waals surface area contributed by atoms with Crippen LogP contribution in [0.25, 0.3) is 10.9 Å². The number of fused-ring (bicyclic) bond motifs is 1. The van der Waals surface area contributed by atoms with Crippen molar-refractivity contribution in [3.05, 3.63) is 64.0 Å². The van der Waals surface area contributed by atoms with Gasteiger partial charge in [-0.1, -0.05) is 41.9 Å². The monoisotopic (exact) mass is 348 g/mol. The van der Waals surface area contributed by atoms with E-state index in [1.165, 1.54) is 6.33 Å². The topological polar surface area (TPSA) is 35.0 Å². The maximum absolute atomic E-state index is 6.08. The fourth-order valence-electron chi connectivity index (χ4n) is 1.87. The number of rotatable bonds is 3. The highest BCUT2D eigenvalue weighted by atomic mass is 79.9. The third-order valence-corrected chi connectivity index (χ3v) is 3.80. The van der Waals surface area contributed by atoms with Crippen molar-refractivity contribution in [2.45, 2.75) is 6.61 Å². The van der Waals surface area contributed by atoms with Gasteiger partial charge in [-0.3, -0.25) is 0 Å². The molecule has 0 unspecified atom stereocenters. The van der Waals surface area contributed by atoms with Crippen LogP contribution >= 0.6 is 27.5 Å². The van der Waals surface area contributed by atoms with Crippen molar-refractivity contribution in [2.75, 3.05) is 0 Å². The molecular weight excluding hydrogens is 340 g/mol. The summed E-state index contributed by atoms with van der Waals surface area (Å²) in [4.78, 5) is 8.16. The van der Waals surface area contributed by atoms with E-state index in [0.29, 0.717) is 11.8 Å². The van der Waals surface area contributed by atoms with E-state index < -0.39 is 0 Å². The van der Waals surface area contributed by atoms with Crippen molar-refractivity contribution in [1.82, 2.24) is 9.97 Å². The molecule has 0 amide bonds. The summed E-state index contributed by atoms with van der Waals surface area (Å²) >= 11 is 9.56. The lowest BCUT2D eigenvalue weighted by Gasteiger charge is -2.10. The van der Waals surface area contributed by atoms with E-state index in [1.54, 1.807) is 0 Å². The van der Waals surface area contributed by atoms with E-state index in [-0.39, 0.29) is 0 Å². The van der Waals surface area contributed by atoms with E-state index >= 15 is 0 Å². The Hall–Kier alpha value is -1.65. The van der Waals surface area contributed by atoms with Gasteiger partial charge in [0.25, 0.3) is 0 Å². The van der Waals surface area contributed by atoms with Gasteiger partial charge in [0.1, 0.15) is 23.8 Å². The van der Waals surface area contributed by atoms with Gasteiger partial charge in [-0.05, 0) is 33.6 Å². The van der Waals surface area contributed by atoms with Crippen LogP contribution in [0.3, 0.4) is 0 Å². The highest BCUT2D eigenvalue weighted by molar-refractivity contribution is 9.10. The van der Waals surface area contributed by atoms with E-state index in [9.17, 15) is 0 Å². The van der Waals surface area contributed by atoms with Crippen LogP contribution in [-0.4, -0.2) is 9.97 Å². The first-order valence-corrected chi connectivity index (χ1v) is 7.17. The number of benzene rings is 2. The molecule has 0 spiro atoms. The number of hydrogen-bond donors (Lipinski definition) is 0. The molecule has 0 N–H and O–H groups in total. The van der Waals surface area contributed by atoms with Gasteiger partial charge in [-0.15, -0.1) is 0 Å².